The Balaban J connectivity index is 2.04. The molecule has 0 fully saturated rings. The average Bonchev–Trinajstić information content (AvgIpc) is 2.85. The molecule has 0 spiro atoms. The third-order valence-corrected chi connectivity index (χ3v) is 2.89. The Bertz CT molecular complexity index is 604. The van der Waals surface area contributed by atoms with Crippen molar-refractivity contribution in [2.45, 2.75) is 26.4 Å². The van der Waals surface area contributed by atoms with E-state index in [9.17, 15) is 0 Å². The van der Waals surface area contributed by atoms with Crippen LogP contribution in [0.15, 0.2) is 27.2 Å². The van der Waals surface area contributed by atoms with Gasteiger partial charge in [0.2, 0.25) is 11.7 Å². The van der Waals surface area contributed by atoms with Gasteiger partial charge in [-0.05, 0) is 24.6 Å². The fourth-order valence-corrected chi connectivity index (χ4v) is 1.88. The fraction of sp³-hybridized carbons (Fsp3) is 0.308. The predicted molar refractivity (Wildman–Crippen MR) is 71.5 cm³/mol. The lowest BCUT2D eigenvalue weighted by Gasteiger charge is -2.05. The van der Waals surface area contributed by atoms with Gasteiger partial charge in [-0.15, -0.1) is 0 Å². The zero-order valence-electron chi connectivity index (χ0n) is 10.4. The van der Waals surface area contributed by atoms with Crippen LogP contribution in [-0.4, -0.2) is 10.1 Å². The van der Waals surface area contributed by atoms with Gasteiger partial charge in [-0.25, -0.2) is 0 Å². The summed E-state index contributed by atoms with van der Waals surface area (Å²) in [6.07, 6.45) is 1.71. The van der Waals surface area contributed by atoms with Gasteiger partial charge in [0, 0.05) is 10.9 Å². The first kappa shape index (κ1) is 13.6. The zero-order valence-corrected chi connectivity index (χ0v) is 12.0. The Morgan fingerprint density at radius 1 is 1.47 bits per heavy atom. The van der Waals surface area contributed by atoms with Crippen LogP contribution in [0.5, 0.6) is 5.75 Å². The van der Waals surface area contributed by atoms with E-state index in [0.29, 0.717) is 23.0 Å². The van der Waals surface area contributed by atoms with Crippen LogP contribution in [0.25, 0.3) is 0 Å². The number of halogens is 1. The van der Waals surface area contributed by atoms with Crippen molar-refractivity contribution in [2.24, 2.45) is 0 Å². The molecule has 0 radical (unpaired) electrons. The number of aryl methyl sites for hydroxylation is 1. The van der Waals surface area contributed by atoms with E-state index in [1.807, 2.05) is 13.0 Å². The number of nitrogens with zero attached hydrogens (tertiary/aromatic N) is 3. The van der Waals surface area contributed by atoms with Gasteiger partial charge in [0.1, 0.15) is 11.8 Å². The van der Waals surface area contributed by atoms with Crippen molar-refractivity contribution in [3.63, 3.8) is 0 Å². The van der Waals surface area contributed by atoms with E-state index in [4.69, 9.17) is 14.5 Å². The highest BCUT2D eigenvalue weighted by Gasteiger charge is 2.08. The van der Waals surface area contributed by atoms with Crippen molar-refractivity contribution in [1.29, 1.82) is 5.26 Å². The van der Waals surface area contributed by atoms with Crippen LogP contribution in [0.3, 0.4) is 0 Å². The lowest BCUT2D eigenvalue weighted by Crippen LogP contribution is -1.99. The highest BCUT2D eigenvalue weighted by molar-refractivity contribution is 9.10. The standard InChI is InChI=1S/C13H12BrN3O2/c1-2-3-13-16-12(17-19-13)8-18-11-5-4-10(14)6-9(11)7-15/h4-6H,2-3,8H2,1H3. The van der Waals surface area contributed by atoms with Crippen LogP contribution in [-0.2, 0) is 13.0 Å². The lowest BCUT2D eigenvalue weighted by atomic mass is 10.2. The van der Waals surface area contributed by atoms with Crippen molar-refractivity contribution in [3.8, 4) is 11.8 Å². The number of ether oxygens (including phenoxy) is 1. The molecule has 0 saturated heterocycles. The maximum Gasteiger partial charge on any atom is 0.226 e. The molecule has 0 bridgehead atoms. The SMILES string of the molecule is CCCc1nc(COc2ccc(Br)cc2C#N)no1. The molecule has 6 heteroatoms. The maximum atomic E-state index is 9.01. The minimum Gasteiger partial charge on any atom is -0.484 e. The van der Waals surface area contributed by atoms with Gasteiger partial charge in [-0.3, -0.25) is 0 Å². The van der Waals surface area contributed by atoms with Crippen molar-refractivity contribution in [3.05, 3.63) is 40.0 Å². The second-order valence-electron chi connectivity index (χ2n) is 3.90. The monoisotopic (exact) mass is 321 g/mol. The van der Waals surface area contributed by atoms with E-state index >= 15 is 0 Å². The highest BCUT2D eigenvalue weighted by atomic mass is 79.9. The number of nitriles is 1. The molecule has 1 aromatic carbocycles. The summed E-state index contributed by atoms with van der Waals surface area (Å²) in [5, 5.41) is 12.8. The first-order valence-corrected chi connectivity index (χ1v) is 6.66. The summed E-state index contributed by atoms with van der Waals surface area (Å²) in [5.74, 6) is 1.60. The van der Waals surface area contributed by atoms with Gasteiger partial charge in [-0.1, -0.05) is 28.0 Å². The van der Waals surface area contributed by atoms with Gasteiger partial charge in [0.05, 0.1) is 5.56 Å². The molecular weight excluding hydrogens is 310 g/mol. The zero-order chi connectivity index (χ0) is 13.7. The van der Waals surface area contributed by atoms with Crippen molar-refractivity contribution in [1.82, 2.24) is 10.1 Å². The van der Waals surface area contributed by atoms with Crippen LogP contribution in [0.2, 0.25) is 0 Å². The lowest BCUT2D eigenvalue weighted by molar-refractivity contribution is 0.284. The van der Waals surface area contributed by atoms with Crippen molar-refractivity contribution in [2.75, 3.05) is 0 Å². The molecule has 0 N–H and O–H groups in total. The number of rotatable bonds is 5. The molecule has 19 heavy (non-hydrogen) atoms. The molecule has 0 aliphatic carbocycles. The quantitative estimate of drug-likeness (QED) is 0.845. The molecule has 2 rings (SSSR count). The fourth-order valence-electron chi connectivity index (χ4n) is 1.52. The molecule has 2 aromatic rings. The third kappa shape index (κ3) is 3.55. The molecule has 0 amide bonds. The van der Waals surface area contributed by atoms with Gasteiger partial charge in [0.25, 0.3) is 0 Å². The molecule has 0 unspecified atom stereocenters. The van der Waals surface area contributed by atoms with Crippen molar-refractivity contribution < 1.29 is 9.26 Å². The second kappa shape index (κ2) is 6.34. The summed E-state index contributed by atoms with van der Waals surface area (Å²) in [5.41, 5.74) is 0.464. The molecule has 98 valence electrons. The van der Waals surface area contributed by atoms with Gasteiger partial charge < -0.3 is 9.26 Å². The largest absolute Gasteiger partial charge is 0.484 e. The average molecular weight is 322 g/mol. The molecule has 0 atom stereocenters. The summed E-state index contributed by atoms with van der Waals surface area (Å²) in [6.45, 7) is 2.23. The summed E-state index contributed by atoms with van der Waals surface area (Å²) >= 11 is 3.31. The first-order chi connectivity index (χ1) is 9.22. The van der Waals surface area contributed by atoms with Crippen molar-refractivity contribution >= 4 is 15.9 Å². The van der Waals surface area contributed by atoms with Crippen LogP contribution < -0.4 is 4.74 Å². The van der Waals surface area contributed by atoms with E-state index in [2.05, 4.69) is 32.1 Å². The van der Waals surface area contributed by atoms with Crippen LogP contribution >= 0.6 is 15.9 Å². The van der Waals surface area contributed by atoms with Crippen LogP contribution in [0, 0.1) is 11.3 Å². The van der Waals surface area contributed by atoms with Crippen LogP contribution in [0.1, 0.15) is 30.6 Å². The maximum absolute atomic E-state index is 9.01. The molecule has 1 aromatic heterocycles. The number of benzene rings is 1. The highest BCUT2D eigenvalue weighted by Crippen LogP contribution is 2.23. The Kier molecular flexibility index (Phi) is 4.53. The molecule has 0 saturated carbocycles. The van der Waals surface area contributed by atoms with Gasteiger partial charge >= 0.3 is 0 Å². The Labute approximate surface area is 119 Å². The van der Waals surface area contributed by atoms with Gasteiger partial charge in [0.15, 0.2) is 6.61 Å². The Morgan fingerprint density at radius 3 is 3.05 bits per heavy atom. The van der Waals surface area contributed by atoms with E-state index in [1.165, 1.54) is 0 Å². The summed E-state index contributed by atoms with van der Waals surface area (Å²) < 4.78 is 11.4. The number of hydrogen-bond acceptors (Lipinski definition) is 5. The predicted octanol–water partition coefficient (Wildman–Crippen LogP) is 3.24. The molecule has 0 aliphatic rings. The second-order valence-corrected chi connectivity index (χ2v) is 4.81. The van der Waals surface area contributed by atoms with E-state index in [1.54, 1.807) is 12.1 Å². The van der Waals surface area contributed by atoms with E-state index in [0.717, 1.165) is 17.3 Å². The smallest absolute Gasteiger partial charge is 0.226 e. The Morgan fingerprint density at radius 2 is 2.32 bits per heavy atom. The summed E-state index contributed by atoms with van der Waals surface area (Å²) in [7, 11) is 0. The minimum atomic E-state index is 0.184. The minimum absolute atomic E-state index is 0.184. The number of hydrogen-bond donors (Lipinski definition) is 0. The van der Waals surface area contributed by atoms with Gasteiger partial charge in [-0.2, -0.15) is 10.2 Å². The summed E-state index contributed by atoms with van der Waals surface area (Å²) in [6, 6.07) is 7.33. The number of aromatic nitrogens is 2. The van der Waals surface area contributed by atoms with E-state index < -0.39 is 0 Å². The topological polar surface area (TPSA) is 71.9 Å². The van der Waals surface area contributed by atoms with E-state index in [-0.39, 0.29) is 6.61 Å². The normalized spacial score (nSPS) is 10.2. The summed E-state index contributed by atoms with van der Waals surface area (Å²) in [4.78, 5) is 4.19. The molecule has 5 nitrogen and oxygen atoms in total. The third-order valence-electron chi connectivity index (χ3n) is 2.39. The van der Waals surface area contributed by atoms with Crippen LogP contribution in [0.4, 0.5) is 0 Å². The first-order valence-electron chi connectivity index (χ1n) is 5.87. The molecular formula is C13H12BrN3O2. The molecule has 0 aliphatic heterocycles. The Hall–Kier alpha value is -1.87. The molecule has 1 heterocycles.